The maximum Gasteiger partial charge on any atom is 0.331 e. The van der Waals surface area contributed by atoms with E-state index in [0.717, 1.165) is 24.3 Å². The number of hydrogen-bond donors (Lipinski definition) is 1. The van der Waals surface area contributed by atoms with Gasteiger partial charge in [-0.25, -0.2) is 4.79 Å². The molecule has 0 aliphatic heterocycles. The molecule has 4 bridgehead atoms. The summed E-state index contributed by atoms with van der Waals surface area (Å²) in [5.74, 6) is 1.98. The molecule has 0 spiro atoms. The molecule has 4 rings (SSSR count). The van der Waals surface area contributed by atoms with Gasteiger partial charge in [0.25, 0.3) is 5.91 Å². The summed E-state index contributed by atoms with van der Waals surface area (Å²) < 4.78 is 4.95. The molecule has 0 unspecified atom stereocenters. The van der Waals surface area contributed by atoms with Gasteiger partial charge in [0.15, 0.2) is 6.61 Å². The van der Waals surface area contributed by atoms with E-state index in [2.05, 4.69) is 5.32 Å². The Morgan fingerprint density at radius 1 is 1.09 bits per heavy atom. The molecule has 0 heterocycles. The smallest absolute Gasteiger partial charge is 0.331 e. The Hall–Kier alpha value is -1.58. The fourth-order valence-electron chi connectivity index (χ4n) is 5.27. The van der Waals surface area contributed by atoms with E-state index in [1.54, 1.807) is 12.2 Å². The topological polar surface area (TPSA) is 55.4 Å². The second-order valence-corrected chi connectivity index (χ2v) is 7.69. The molecule has 126 valence electrons. The molecule has 4 aliphatic carbocycles. The zero-order chi connectivity index (χ0) is 16.3. The van der Waals surface area contributed by atoms with Crippen LogP contribution in [0.2, 0.25) is 0 Å². The normalized spacial score (nSPS) is 35.1. The van der Waals surface area contributed by atoms with Crippen LogP contribution >= 0.6 is 0 Å². The molecule has 0 aromatic carbocycles. The summed E-state index contributed by atoms with van der Waals surface area (Å²) in [5, 5.41) is 3.01. The first-order chi connectivity index (χ1) is 11.1. The molecule has 4 fully saturated rings. The molecular formula is C19H27NO3. The Morgan fingerprint density at radius 3 is 2.26 bits per heavy atom. The van der Waals surface area contributed by atoms with E-state index in [-0.39, 0.29) is 12.5 Å². The highest BCUT2D eigenvalue weighted by Gasteiger charge is 2.50. The SMILES string of the molecule is C/C=C/C=C/C(=O)OCC(=O)NCC12CC3CC(CC(C3)C1)C2. The quantitative estimate of drug-likeness (QED) is 0.465. The molecule has 0 aromatic rings. The number of amides is 1. The van der Waals surface area contributed by atoms with Crippen molar-refractivity contribution in [3.8, 4) is 0 Å². The first-order valence-electron chi connectivity index (χ1n) is 8.81. The molecule has 0 saturated heterocycles. The van der Waals surface area contributed by atoms with Gasteiger partial charge < -0.3 is 10.1 Å². The van der Waals surface area contributed by atoms with Gasteiger partial charge in [0.2, 0.25) is 0 Å². The van der Waals surface area contributed by atoms with E-state index in [4.69, 9.17) is 4.74 Å². The van der Waals surface area contributed by atoms with Gasteiger partial charge in [0.1, 0.15) is 0 Å². The second-order valence-electron chi connectivity index (χ2n) is 7.69. The maximum atomic E-state index is 11.9. The Morgan fingerprint density at radius 2 is 1.70 bits per heavy atom. The molecule has 0 atom stereocenters. The standard InChI is InChI=1S/C19H27NO3/c1-2-3-4-5-18(22)23-12-17(21)20-13-19-9-14-6-15(10-19)8-16(7-14)11-19/h2-5,14-16H,6-13H2,1H3,(H,20,21)/b3-2+,5-4+. The highest BCUT2D eigenvalue weighted by Crippen LogP contribution is 2.59. The van der Waals surface area contributed by atoms with E-state index in [9.17, 15) is 9.59 Å². The molecule has 0 radical (unpaired) electrons. The Kier molecular flexibility index (Phi) is 4.88. The number of allylic oxidation sites excluding steroid dienone is 3. The van der Waals surface area contributed by atoms with Gasteiger partial charge >= 0.3 is 5.97 Å². The third kappa shape index (κ3) is 4.04. The lowest BCUT2D eigenvalue weighted by atomic mass is 9.49. The number of carbonyl (C=O) groups is 2. The van der Waals surface area contributed by atoms with Crippen LogP contribution < -0.4 is 5.32 Å². The number of esters is 1. The van der Waals surface area contributed by atoms with Gasteiger partial charge in [-0.2, -0.15) is 0 Å². The van der Waals surface area contributed by atoms with Crippen LogP contribution in [0.3, 0.4) is 0 Å². The summed E-state index contributed by atoms with van der Waals surface area (Å²) >= 11 is 0. The molecule has 4 nitrogen and oxygen atoms in total. The third-order valence-electron chi connectivity index (χ3n) is 5.71. The molecule has 4 aliphatic rings. The van der Waals surface area contributed by atoms with Gasteiger partial charge in [0.05, 0.1) is 0 Å². The van der Waals surface area contributed by atoms with Crippen molar-refractivity contribution in [1.82, 2.24) is 5.32 Å². The Balaban J connectivity index is 1.42. The lowest BCUT2D eigenvalue weighted by molar-refractivity contribution is -0.144. The monoisotopic (exact) mass is 317 g/mol. The largest absolute Gasteiger partial charge is 0.452 e. The van der Waals surface area contributed by atoms with Crippen LogP contribution in [0.1, 0.15) is 45.4 Å². The maximum absolute atomic E-state index is 11.9. The van der Waals surface area contributed by atoms with Crippen LogP contribution in [0.15, 0.2) is 24.3 Å². The molecule has 4 heteroatoms. The average molecular weight is 317 g/mol. The number of hydrogen-bond acceptors (Lipinski definition) is 3. The summed E-state index contributed by atoms with van der Waals surface area (Å²) in [7, 11) is 0. The van der Waals surface area contributed by atoms with Crippen molar-refractivity contribution < 1.29 is 14.3 Å². The summed E-state index contributed by atoms with van der Waals surface area (Å²) in [6.45, 7) is 2.43. The van der Waals surface area contributed by atoms with Crippen LogP contribution in [0.4, 0.5) is 0 Å². The molecule has 1 N–H and O–H groups in total. The second kappa shape index (κ2) is 6.90. The fourth-order valence-corrected chi connectivity index (χ4v) is 5.27. The van der Waals surface area contributed by atoms with Gasteiger partial charge in [-0.3, -0.25) is 4.79 Å². The molecule has 23 heavy (non-hydrogen) atoms. The van der Waals surface area contributed by atoms with E-state index in [1.165, 1.54) is 44.6 Å². The number of rotatable bonds is 6. The van der Waals surface area contributed by atoms with E-state index >= 15 is 0 Å². The van der Waals surface area contributed by atoms with Crippen molar-refractivity contribution in [2.45, 2.75) is 45.4 Å². The van der Waals surface area contributed by atoms with Crippen molar-refractivity contribution in [2.75, 3.05) is 13.2 Å². The number of nitrogens with one attached hydrogen (secondary N) is 1. The van der Waals surface area contributed by atoms with E-state index in [1.807, 2.05) is 13.0 Å². The first kappa shape index (κ1) is 16.3. The van der Waals surface area contributed by atoms with Gasteiger partial charge in [-0.05, 0) is 68.6 Å². The van der Waals surface area contributed by atoms with Gasteiger partial charge in [-0.15, -0.1) is 0 Å². The van der Waals surface area contributed by atoms with Gasteiger partial charge in [-0.1, -0.05) is 18.2 Å². The van der Waals surface area contributed by atoms with E-state index in [0.29, 0.717) is 5.41 Å². The van der Waals surface area contributed by atoms with Crippen molar-refractivity contribution in [3.05, 3.63) is 24.3 Å². The lowest BCUT2D eigenvalue weighted by Crippen LogP contribution is -2.51. The predicted octanol–water partition coefficient (Wildman–Crippen LogP) is 2.99. The van der Waals surface area contributed by atoms with Crippen LogP contribution in [0.25, 0.3) is 0 Å². The minimum absolute atomic E-state index is 0.187. The molecule has 1 amide bonds. The lowest BCUT2D eigenvalue weighted by Gasteiger charge is -2.56. The highest BCUT2D eigenvalue weighted by molar-refractivity contribution is 5.85. The minimum atomic E-state index is -0.479. The van der Waals surface area contributed by atoms with Crippen molar-refractivity contribution in [3.63, 3.8) is 0 Å². The fraction of sp³-hybridized carbons (Fsp3) is 0.684. The third-order valence-corrected chi connectivity index (χ3v) is 5.71. The number of carbonyl (C=O) groups excluding carboxylic acids is 2. The zero-order valence-electron chi connectivity index (χ0n) is 13.9. The summed E-state index contributed by atoms with van der Waals surface area (Å²) in [4.78, 5) is 23.4. The number of ether oxygens (including phenoxy) is 1. The van der Waals surface area contributed by atoms with Crippen molar-refractivity contribution in [2.24, 2.45) is 23.2 Å². The molecule has 4 saturated carbocycles. The summed E-state index contributed by atoms with van der Waals surface area (Å²) in [6.07, 6.45) is 14.5. The highest BCUT2D eigenvalue weighted by atomic mass is 16.5. The predicted molar refractivity (Wildman–Crippen MR) is 88.5 cm³/mol. The Labute approximate surface area is 138 Å². The average Bonchev–Trinajstić information content (AvgIpc) is 2.50. The molecular weight excluding hydrogens is 290 g/mol. The summed E-state index contributed by atoms with van der Waals surface area (Å²) in [6, 6.07) is 0. The summed E-state index contributed by atoms with van der Waals surface area (Å²) in [5.41, 5.74) is 0.320. The first-order valence-corrected chi connectivity index (χ1v) is 8.81. The van der Waals surface area contributed by atoms with Gasteiger partial charge in [0, 0.05) is 12.6 Å². The van der Waals surface area contributed by atoms with Crippen LogP contribution in [0, 0.1) is 23.2 Å². The van der Waals surface area contributed by atoms with Crippen LogP contribution in [-0.2, 0) is 14.3 Å². The van der Waals surface area contributed by atoms with E-state index < -0.39 is 5.97 Å². The van der Waals surface area contributed by atoms with Crippen LogP contribution in [-0.4, -0.2) is 25.0 Å². The zero-order valence-corrected chi connectivity index (χ0v) is 13.9. The van der Waals surface area contributed by atoms with Crippen molar-refractivity contribution >= 4 is 11.9 Å². The van der Waals surface area contributed by atoms with Crippen LogP contribution in [0.5, 0.6) is 0 Å². The van der Waals surface area contributed by atoms with Crippen molar-refractivity contribution in [1.29, 1.82) is 0 Å². The minimum Gasteiger partial charge on any atom is -0.452 e. The molecule has 0 aromatic heterocycles. The Bertz CT molecular complexity index is 485.